The summed E-state index contributed by atoms with van der Waals surface area (Å²) in [5, 5.41) is 9.68. The first-order chi connectivity index (χ1) is 26.5. The number of nitrogens with zero attached hydrogens (tertiary/aromatic N) is 5. The van der Waals surface area contributed by atoms with Gasteiger partial charge in [-0.15, -0.1) is 0 Å². The standard InChI is InChI=1S/C40H49N7O8/c41-23-18-33(37(50)43-15-5-12-30(43)35(48)46-20-24(42)19-34(46)38(51)44-16-7-14-32(44)39(52)53)47(21-23)36(49)31-13-6-17-45(31)40(54)55-22-29-27-10-3-1-8-25(27)26-9-2-4-11-28(26)29/h1-4,8-11,23-24,29-34H,5-7,12-22,41-42H2,(H,52,53)/t23-,24-,30?,31?,32?,33?,34?/m0/s1. The number of carbonyl (C=O) groups excluding carboxylic acids is 5. The maximum atomic E-state index is 14.4. The molecule has 0 saturated carbocycles. The van der Waals surface area contributed by atoms with E-state index in [2.05, 4.69) is 12.1 Å². The number of amides is 5. The van der Waals surface area contributed by atoms with Crippen molar-refractivity contribution < 1.29 is 38.6 Å². The van der Waals surface area contributed by atoms with Crippen LogP contribution in [0.25, 0.3) is 11.1 Å². The van der Waals surface area contributed by atoms with Crippen molar-refractivity contribution in [3.8, 4) is 11.1 Å². The second kappa shape index (κ2) is 14.9. The van der Waals surface area contributed by atoms with Crippen molar-refractivity contribution in [2.45, 2.75) is 99.6 Å². The SMILES string of the molecule is N[C@H]1CC(C(=O)N2CCCC2C(=O)N2C[C@@H](N)CC2C(=O)N2CCCC2C(=O)O)N(C(=O)C2CCCN2C(=O)OCC2c3ccccc3-c3ccccc32)C1. The number of carbonyl (C=O) groups is 6. The summed E-state index contributed by atoms with van der Waals surface area (Å²) >= 11 is 0. The van der Waals surface area contributed by atoms with Crippen LogP contribution in [0, 0.1) is 0 Å². The van der Waals surface area contributed by atoms with Crippen molar-refractivity contribution in [2.75, 3.05) is 39.3 Å². The molecule has 6 aliphatic rings. The normalized spacial score (nSPS) is 28.8. The molecule has 5 aliphatic heterocycles. The van der Waals surface area contributed by atoms with E-state index in [1.165, 1.54) is 24.5 Å². The summed E-state index contributed by atoms with van der Waals surface area (Å²) in [5.74, 6) is -2.80. The van der Waals surface area contributed by atoms with Crippen molar-refractivity contribution >= 4 is 35.7 Å². The fraction of sp³-hybridized carbons (Fsp3) is 0.550. The molecule has 0 spiro atoms. The van der Waals surface area contributed by atoms with Gasteiger partial charge in [-0.25, -0.2) is 9.59 Å². The van der Waals surface area contributed by atoms with Gasteiger partial charge in [-0.3, -0.25) is 24.1 Å². The van der Waals surface area contributed by atoms with Crippen LogP contribution in [0.4, 0.5) is 4.79 Å². The van der Waals surface area contributed by atoms with Crippen molar-refractivity contribution in [1.82, 2.24) is 24.5 Å². The predicted octanol–water partition coefficient (Wildman–Crippen LogP) is 1.32. The smallest absolute Gasteiger partial charge is 0.410 e. The van der Waals surface area contributed by atoms with E-state index in [0.717, 1.165) is 22.3 Å². The average Bonchev–Trinajstić information content (AvgIpc) is 4.04. The van der Waals surface area contributed by atoms with Crippen LogP contribution in [0.15, 0.2) is 48.5 Å². The van der Waals surface area contributed by atoms with Gasteiger partial charge in [-0.05, 0) is 73.6 Å². The molecule has 5 unspecified atom stereocenters. The molecule has 5 fully saturated rings. The van der Waals surface area contributed by atoms with Crippen molar-refractivity contribution in [1.29, 1.82) is 0 Å². The number of ether oxygens (including phenoxy) is 1. The Kier molecular flexibility index (Phi) is 10.0. The highest BCUT2D eigenvalue weighted by molar-refractivity contribution is 5.97. The highest BCUT2D eigenvalue weighted by Gasteiger charge is 2.51. The third-order valence-corrected chi connectivity index (χ3v) is 12.6. The highest BCUT2D eigenvalue weighted by Crippen LogP contribution is 2.44. The van der Waals surface area contributed by atoms with E-state index in [0.29, 0.717) is 58.2 Å². The van der Waals surface area contributed by atoms with E-state index in [-0.39, 0.29) is 50.3 Å². The Morgan fingerprint density at radius 1 is 0.582 bits per heavy atom. The van der Waals surface area contributed by atoms with E-state index in [4.69, 9.17) is 16.2 Å². The van der Waals surface area contributed by atoms with E-state index in [1.807, 2.05) is 36.4 Å². The summed E-state index contributed by atoms with van der Waals surface area (Å²) in [6.07, 6.45) is 2.70. The van der Waals surface area contributed by atoms with Gasteiger partial charge in [0.15, 0.2) is 0 Å². The lowest BCUT2D eigenvalue weighted by atomic mass is 9.98. The van der Waals surface area contributed by atoms with Crippen LogP contribution < -0.4 is 11.5 Å². The lowest BCUT2D eigenvalue weighted by Crippen LogP contribution is -2.58. The molecule has 15 heteroatoms. The molecule has 0 bridgehead atoms. The molecule has 5 heterocycles. The fourth-order valence-corrected chi connectivity index (χ4v) is 9.95. The first kappa shape index (κ1) is 36.9. The summed E-state index contributed by atoms with van der Waals surface area (Å²) in [6.45, 7) is 1.31. The van der Waals surface area contributed by atoms with Crippen molar-refractivity contribution in [3.63, 3.8) is 0 Å². The number of benzene rings is 2. The molecule has 1 aliphatic carbocycles. The molecule has 5 N–H and O–H groups in total. The van der Waals surface area contributed by atoms with Gasteiger partial charge in [0, 0.05) is 50.7 Å². The molecular formula is C40H49N7O8. The van der Waals surface area contributed by atoms with Crippen LogP contribution in [0.5, 0.6) is 0 Å². The Bertz CT molecular complexity index is 1840. The summed E-state index contributed by atoms with van der Waals surface area (Å²) in [5.41, 5.74) is 17.1. The van der Waals surface area contributed by atoms with Gasteiger partial charge in [0.05, 0.1) is 0 Å². The highest BCUT2D eigenvalue weighted by atomic mass is 16.6. The fourth-order valence-electron chi connectivity index (χ4n) is 9.95. The minimum absolute atomic E-state index is 0.117. The minimum Gasteiger partial charge on any atom is -0.480 e. The maximum Gasteiger partial charge on any atom is 0.410 e. The number of carboxylic acids is 1. The quantitative estimate of drug-likeness (QED) is 0.370. The summed E-state index contributed by atoms with van der Waals surface area (Å²) in [7, 11) is 0. The van der Waals surface area contributed by atoms with Crippen molar-refractivity contribution in [2.24, 2.45) is 11.5 Å². The third-order valence-electron chi connectivity index (χ3n) is 12.6. The van der Waals surface area contributed by atoms with Gasteiger partial charge in [-0.1, -0.05) is 48.5 Å². The second-order valence-corrected chi connectivity index (χ2v) is 15.9. The molecule has 2 aromatic carbocycles. The monoisotopic (exact) mass is 755 g/mol. The van der Waals surface area contributed by atoms with Crippen LogP contribution in [-0.2, 0) is 28.7 Å². The number of likely N-dealkylation sites (tertiary alicyclic amines) is 5. The van der Waals surface area contributed by atoms with Crippen LogP contribution in [-0.4, -0.2) is 147 Å². The topological polar surface area (TPSA) is 200 Å². The number of hydrogen-bond donors (Lipinski definition) is 3. The van der Waals surface area contributed by atoms with E-state index in [1.54, 1.807) is 0 Å². The molecule has 55 heavy (non-hydrogen) atoms. The van der Waals surface area contributed by atoms with Gasteiger partial charge >= 0.3 is 12.1 Å². The number of aliphatic carboxylic acids is 1. The predicted molar refractivity (Wildman–Crippen MR) is 198 cm³/mol. The first-order valence-corrected chi connectivity index (χ1v) is 19.6. The first-order valence-electron chi connectivity index (χ1n) is 19.6. The van der Waals surface area contributed by atoms with Gasteiger partial charge in [0.25, 0.3) is 0 Å². The van der Waals surface area contributed by atoms with Crippen LogP contribution in [0.3, 0.4) is 0 Å². The van der Waals surface area contributed by atoms with E-state index in [9.17, 15) is 33.9 Å². The molecule has 5 amide bonds. The van der Waals surface area contributed by atoms with E-state index < -0.39 is 66.2 Å². The molecular weight excluding hydrogens is 706 g/mol. The molecule has 0 radical (unpaired) electrons. The zero-order chi connectivity index (χ0) is 38.5. The zero-order valence-electron chi connectivity index (χ0n) is 30.8. The number of rotatable bonds is 7. The number of hydrogen-bond acceptors (Lipinski definition) is 9. The van der Waals surface area contributed by atoms with Gasteiger partial charge in [0.2, 0.25) is 23.6 Å². The van der Waals surface area contributed by atoms with Crippen molar-refractivity contribution in [3.05, 3.63) is 59.7 Å². The molecule has 0 aromatic heterocycles. The average molecular weight is 756 g/mol. The van der Waals surface area contributed by atoms with Gasteiger partial charge in [0.1, 0.15) is 36.8 Å². The Balaban J connectivity index is 0.940. The molecule has 8 rings (SSSR count). The number of nitrogens with two attached hydrogens (primary N) is 2. The Morgan fingerprint density at radius 3 is 1.51 bits per heavy atom. The maximum absolute atomic E-state index is 14.4. The molecule has 5 saturated heterocycles. The van der Waals surface area contributed by atoms with Gasteiger partial charge < -0.3 is 40.9 Å². The number of carboxylic acid groups (broad SMARTS) is 1. The Hall–Kier alpha value is -5.02. The molecule has 292 valence electrons. The van der Waals surface area contributed by atoms with E-state index >= 15 is 0 Å². The third kappa shape index (κ3) is 6.60. The molecule has 2 aromatic rings. The molecule has 7 atom stereocenters. The largest absolute Gasteiger partial charge is 0.480 e. The molecule has 15 nitrogen and oxygen atoms in total. The van der Waals surface area contributed by atoms with Crippen LogP contribution in [0.1, 0.15) is 68.4 Å². The lowest BCUT2D eigenvalue weighted by molar-refractivity contribution is -0.154. The minimum atomic E-state index is -1.08. The van der Waals surface area contributed by atoms with Gasteiger partial charge in [-0.2, -0.15) is 0 Å². The van der Waals surface area contributed by atoms with Crippen LogP contribution >= 0.6 is 0 Å². The zero-order valence-corrected chi connectivity index (χ0v) is 30.8. The Labute approximate surface area is 319 Å². The summed E-state index contributed by atoms with van der Waals surface area (Å²) < 4.78 is 5.92. The summed E-state index contributed by atoms with van der Waals surface area (Å²) in [4.78, 5) is 89.2. The second-order valence-electron chi connectivity index (χ2n) is 15.9. The van der Waals surface area contributed by atoms with Crippen LogP contribution in [0.2, 0.25) is 0 Å². The number of fused-ring (bicyclic) bond motifs is 3. The summed E-state index contributed by atoms with van der Waals surface area (Å²) in [6, 6.07) is 10.8. The Morgan fingerprint density at radius 2 is 1.00 bits per heavy atom. The lowest BCUT2D eigenvalue weighted by Gasteiger charge is -2.36.